The molecule has 5 rings (SSSR count). The third-order valence-corrected chi connectivity index (χ3v) is 6.13. The zero-order chi connectivity index (χ0) is 24.5. The Morgan fingerprint density at radius 1 is 1.06 bits per heavy atom. The summed E-state index contributed by atoms with van der Waals surface area (Å²) in [7, 11) is 3.54. The maximum absolute atomic E-state index is 14.5. The average Bonchev–Trinajstić information content (AvgIpc) is 3.37. The van der Waals surface area contributed by atoms with Crippen molar-refractivity contribution in [1.82, 2.24) is 34.8 Å². The molecule has 4 heterocycles. The molecule has 1 aliphatic heterocycles. The van der Waals surface area contributed by atoms with E-state index in [0.29, 0.717) is 35.5 Å². The standard InChI is InChI=1S/C25H25FN8O/c1-16-13-33(14-17(2)32(16)3)22-9-6-10-23(29-22)34-15-20(30-31-34)19-11-12-27-25(28-19)24-18(26)7-5-8-21(24)35-4/h5-12,15,17H,1,13-14H2,2-4H3. The summed E-state index contributed by atoms with van der Waals surface area (Å²) in [6.45, 7) is 7.89. The largest absolute Gasteiger partial charge is 0.496 e. The van der Waals surface area contributed by atoms with E-state index in [1.165, 1.54) is 13.2 Å². The Balaban J connectivity index is 1.44. The lowest BCUT2D eigenvalue weighted by atomic mass is 10.1. The highest BCUT2D eigenvalue weighted by Crippen LogP contribution is 2.31. The molecule has 1 saturated heterocycles. The second kappa shape index (κ2) is 9.13. The number of piperazine rings is 1. The van der Waals surface area contributed by atoms with E-state index in [9.17, 15) is 4.39 Å². The summed E-state index contributed by atoms with van der Waals surface area (Å²) in [6, 6.07) is 12.4. The van der Waals surface area contributed by atoms with Crippen LogP contribution in [0.25, 0.3) is 28.6 Å². The van der Waals surface area contributed by atoms with Crippen LogP contribution in [-0.4, -0.2) is 68.1 Å². The van der Waals surface area contributed by atoms with Crippen molar-refractivity contribution in [2.45, 2.75) is 13.0 Å². The summed E-state index contributed by atoms with van der Waals surface area (Å²) in [4.78, 5) is 17.9. The number of rotatable bonds is 5. The summed E-state index contributed by atoms with van der Waals surface area (Å²) in [5.74, 6) is 1.57. The van der Waals surface area contributed by atoms with Gasteiger partial charge in [-0.2, -0.15) is 0 Å². The van der Waals surface area contributed by atoms with Crippen molar-refractivity contribution in [2.75, 3.05) is 32.1 Å². The lowest BCUT2D eigenvalue weighted by molar-refractivity contribution is 0.291. The van der Waals surface area contributed by atoms with Crippen molar-refractivity contribution in [1.29, 1.82) is 0 Å². The van der Waals surface area contributed by atoms with Crippen LogP contribution in [0.3, 0.4) is 0 Å². The van der Waals surface area contributed by atoms with Gasteiger partial charge in [-0.05, 0) is 37.3 Å². The quantitative estimate of drug-likeness (QED) is 0.436. The minimum atomic E-state index is -0.466. The monoisotopic (exact) mass is 472 g/mol. The van der Waals surface area contributed by atoms with Gasteiger partial charge in [0, 0.05) is 31.5 Å². The third-order valence-electron chi connectivity index (χ3n) is 6.13. The minimum Gasteiger partial charge on any atom is -0.496 e. The first-order valence-electron chi connectivity index (χ1n) is 11.2. The Labute approximate surface area is 202 Å². The van der Waals surface area contributed by atoms with Crippen molar-refractivity contribution in [2.24, 2.45) is 0 Å². The van der Waals surface area contributed by atoms with Gasteiger partial charge in [-0.3, -0.25) is 0 Å². The van der Waals surface area contributed by atoms with Crippen LogP contribution in [0.5, 0.6) is 5.75 Å². The van der Waals surface area contributed by atoms with Gasteiger partial charge in [0.1, 0.15) is 23.1 Å². The van der Waals surface area contributed by atoms with Crippen molar-refractivity contribution >= 4 is 5.82 Å². The number of halogens is 1. The maximum Gasteiger partial charge on any atom is 0.166 e. The normalized spacial score (nSPS) is 16.0. The Hall–Kier alpha value is -4.34. The predicted octanol–water partition coefficient (Wildman–Crippen LogP) is 3.59. The number of nitrogens with zero attached hydrogens (tertiary/aromatic N) is 8. The summed E-state index contributed by atoms with van der Waals surface area (Å²) >= 11 is 0. The average molecular weight is 473 g/mol. The number of aromatic nitrogens is 6. The summed E-state index contributed by atoms with van der Waals surface area (Å²) in [6.07, 6.45) is 3.30. The highest BCUT2D eigenvalue weighted by molar-refractivity contribution is 5.67. The molecule has 1 fully saturated rings. The molecule has 10 heteroatoms. The number of anilines is 1. The third kappa shape index (κ3) is 4.30. The Morgan fingerprint density at radius 2 is 1.86 bits per heavy atom. The summed E-state index contributed by atoms with van der Waals surface area (Å²) < 4.78 is 21.4. The van der Waals surface area contributed by atoms with E-state index in [2.05, 4.69) is 50.6 Å². The fraction of sp³-hybridized carbons (Fsp3) is 0.240. The van der Waals surface area contributed by atoms with E-state index in [4.69, 9.17) is 9.72 Å². The summed E-state index contributed by atoms with van der Waals surface area (Å²) in [5, 5.41) is 8.51. The Morgan fingerprint density at radius 3 is 2.66 bits per heavy atom. The molecule has 3 aromatic heterocycles. The number of methoxy groups -OCH3 is 1. The van der Waals surface area contributed by atoms with E-state index in [1.807, 2.05) is 18.2 Å². The Kier molecular flexibility index (Phi) is 5.86. The van der Waals surface area contributed by atoms with Gasteiger partial charge in [-0.15, -0.1) is 5.10 Å². The van der Waals surface area contributed by atoms with E-state index in [-0.39, 0.29) is 11.4 Å². The van der Waals surface area contributed by atoms with Crippen LogP contribution in [-0.2, 0) is 0 Å². The second-order valence-electron chi connectivity index (χ2n) is 8.39. The molecule has 0 bridgehead atoms. The molecular formula is C25H25FN8O. The van der Waals surface area contributed by atoms with Gasteiger partial charge in [0.15, 0.2) is 11.6 Å². The lowest BCUT2D eigenvalue weighted by Crippen LogP contribution is -2.48. The highest BCUT2D eigenvalue weighted by Gasteiger charge is 2.24. The molecule has 0 N–H and O–H groups in total. The van der Waals surface area contributed by atoms with E-state index >= 15 is 0 Å². The first-order valence-corrected chi connectivity index (χ1v) is 11.2. The first-order chi connectivity index (χ1) is 16.9. The van der Waals surface area contributed by atoms with Gasteiger partial charge < -0.3 is 14.5 Å². The lowest BCUT2D eigenvalue weighted by Gasteiger charge is -2.41. The molecule has 0 spiro atoms. The van der Waals surface area contributed by atoms with Gasteiger partial charge >= 0.3 is 0 Å². The van der Waals surface area contributed by atoms with Crippen molar-refractivity contribution in [3.8, 4) is 34.3 Å². The second-order valence-corrected chi connectivity index (χ2v) is 8.39. The molecule has 35 heavy (non-hydrogen) atoms. The van der Waals surface area contributed by atoms with Crippen LogP contribution in [0.1, 0.15) is 6.92 Å². The van der Waals surface area contributed by atoms with Gasteiger partial charge in [0.2, 0.25) is 0 Å². The minimum absolute atomic E-state index is 0.196. The van der Waals surface area contributed by atoms with E-state index in [1.54, 1.807) is 35.3 Å². The fourth-order valence-electron chi connectivity index (χ4n) is 4.05. The molecule has 9 nitrogen and oxygen atoms in total. The fourth-order valence-corrected chi connectivity index (χ4v) is 4.05. The molecule has 1 aliphatic rings. The Bertz CT molecular complexity index is 1390. The highest BCUT2D eigenvalue weighted by atomic mass is 19.1. The van der Waals surface area contributed by atoms with Crippen molar-refractivity contribution in [3.05, 3.63) is 73.0 Å². The van der Waals surface area contributed by atoms with Crippen molar-refractivity contribution in [3.63, 3.8) is 0 Å². The predicted molar refractivity (Wildman–Crippen MR) is 131 cm³/mol. The van der Waals surface area contributed by atoms with E-state index in [0.717, 1.165) is 18.1 Å². The molecular weight excluding hydrogens is 447 g/mol. The van der Waals surface area contributed by atoms with Crippen LogP contribution in [0.15, 0.2) is 67.1 Å². The van der Waals surface area contributed by atoms with E-state index < -0.39 is 5.82 Å². The van der Waals surface area contributed by atoms with Crippen LogP contribution < -0.4 is 9.64 Å². The zero-order valence-electron chi connectivity index (χ0n) is 19.8. The van der Waals surface area contributed by atoms with Gasteiger partial charge in [-0.25, -0.2) is 24.0 Å². The van der Waals surface area contributed by atoms with Crippen LogP contribution in [0.2, 0.25) is 0 Å². The zero-order valence-corrected chi connectivity index (χ0v) is 19.8. The molecule has 0 saturated carbocycles. The summed E-state index contributed by atoms with van der Waals surface area (Å²) in [5.41, 5.74) is 2.26. The topological polar surface area (TPSA) is 85.1 Å². The molecule has 4 aromatic rings. The maximum atomic E-state index is 14.5. The van der Waals surface area contributed by atoms with Crippen LogP contribution in [0, 0.1) is 5.82 Å². The van der Waals surface area contributed by atoms with Gasteiger partial charge in [0.25, 0.3) is 0 Å². The number of hydrogen-bond donors (Lipinski definition) is 0. The van der Waals surface area contributed by atoms with Gasteiger partial charge in [0.05, 0.1) is 31.1 Å². The number of pyridine rings is 1. The number of benzene rings is 1. The molecule has 0 amide bonds. The molecule has 0 radical (unpaired) electrons. The number of hydrogen-bond acceptors (Lipinski definition) is 8. The molecule has 1 atom stereocenters. The number of ether oxygens (including phenoxy) is 1. The number of likely N-dealkylation sites (N-methyl/N-ethyl adjacent to an activating group) is 1. The van der Waals surface area contributed by atoms with Crippen LogP contribution >= 0.6 is 0 Å². The van der Waals surface area contributed by atoms with Crippen LogP contribution in [0.4, 0.5) is 10.2 Å². The first kappa shape index (κ1) is 22.5. The molecule has 1 aromatic carbocycles. The van der Waals surface area contributed by atoms with Gasteiger partial charge in [-0.1, -0.05) is 23.9 Å². The molecule has 0 aliphatic carbocycles. The SMILES string of the molecule is C=C1CN(c2cccc(-n3cc(-c4ccnc(-c5c(F)cccc5OC)n4)nn3)n2)CC(C)N1C. The molecule has 1 unspecified atom stereocenters. The molecule has 178 valence electrons. The van der Waals surface area contributed by atoms with Crippen molar-refractivity contribution < 1.29 is 9.13 Å². The smallest absolute Gasteiger partial charge is 0.166 e.